The molecule has 1 aromatic rings. The molecule has 1 heterocycles. The highest BCUT2D eigenvalue weighted by Crippen LogP contribution is 2.30. The van der Waals surface area contributed by atoms with Gasteiger partial charge in [0, 0.05) is 6.08 Å². The number of unbranched alkanes of at least 4 members (excludes halogenated alkanes) is 3. The Hall–Kier alpha value is -2.18. The Balaban J connectivity index is 2.14. The van der Waals surface area contributed by atoms with Gasteiger partial charge in [-0.25, -0.2) is 4.79 Å². The molecule has 0 unspecified atom stereocenters. The van der Waals surface area contributed by atoms with Gasteiger partial charge in [0.2, 0.25) is 0 Å². The number of thiocarbonyl (C=S) groups is 1. The molecule has 4 nitrogen and oxygen atoms in total. The van der Waals surface area contributed by atoms with E-state index >= 15 is 0 Å². The van der Waals surface area contributed by atoms with Gasteiger partial charge in [0.05, 0.1) is 4.91 Å². The average Bonchev–Trinajstić information content (AvgIpc) is 2.98. The number of rotatable bonds is 9. The van der Waals surface area contributed by atoms with Gasteiger partial charge in [-0.15, -0.1) is 0 Å². The van der Waals surface area contributed by atoms with E-state index in [0.717, 1.165) is 42.0 Å². The van der Waals surface area contributed by atoms with E-state index in [-0.39, 0.29) is 5.91 Å². The maximum atomic E-state index is 12.1. The van der Waals surface area contributed by atoms with E-state index in [1.54, 1.807) is 6.08 Å². The van der Waals surface area contributed by atoms with E-state index < -0.39 is 5.97 Å². The fourth-order valence-corrected chi connectivity index (χ4v) is 3.74. The van der Waals surface area contributed by atoms with Crippen LogP contribution in [0.4, 0.5) is 0 Å². The SMILES string of the molecule is CCCCCCC(C=Cc1ccc(/C=C/C(=O)O)cc1)=C1SC(=S)NC1=O. The second kappa shape index (κ2) is 10.8. The van der Waals surface area contributed by atoms with Crippen LogP contribution in [0.25, 0.3) is 12.2 Å². The number of thioether (sulfide) groups is 1. The lowest BCUT2D eigenvalue weighted by molar-refractivity contribution is -0.131. The van der Waals surface area contributed by atoms with Crippen LogP contribution in [0.5, 0.6) is 0 Å². The van der Waals surface area contributed by atoms with Crippen molar-refractivity contribution < 1.29 is 14.7 Å². The number of amides is 1. The van der Waals surface area contributed by atoms with Gasteiger partial charge < -0.3 is 10.4 Å². The third-order valence-corrected chi connectivity index (χ3v) is 5.33. The summed E-state index contributed by atoms with van der Waals surface area (Å²) >= 11 is 6.43. The van der Waals surface area contributed by atoms with E-state index in [9.17, 15) is 9.59 Å². The van der Waals surface area contributed by atoms with Gasteiger partial charge in [-0.05, 0) is 35.6 Å². The number of carbonyl (C=O) groups excluding carboxylic acids is 1. The van der Waals surface area contributed by atoms with Gasteiger partial charge in [0.15, 0.2) is 0 Å². The van der Waals surface area contributed by atoms with Crippen molar-refractivity contribution in [1.82, 2.24) is 5.32 Å². The highest BCUT2D eigenvalue weighted by Gasteiger charge is 2.24. The molecule has 1 aliphatic rings. The van der Waals surface area contributed by atoms with Gasteiger partial charge in [-0.2, -0.15) is 0 Å². The summed E-state index contributed by atoms with van der Waals surface area (Å²) in [6, 6.07) is 7.56. The van der Waals surface area contributed by atoms with Crippen molar-refractivity contribution in [2.45, 2.75) is 39.0 Å². The summed E-state index contributed by atoms with van der Waals surface area (Å²) in [5.41, 5.74) is 2.81. The van der Waals surface area contributed by atoms with Crippen LogP contribution in [0.3, 0.4) is 0 Å². The number of carboxylic acid groups (broad SMARTS) is 1. The summed E-state index contributed by atoms with van der Waals surface area (Å²) < 4.78 is 0.504. The molecular formula is C21H23NO3S2. The Kier molecular flexibility index (Phi) is 8.48. The Morgan fingerprint density at radius 3 is 2.26 bits per heavy atom. The van der Waals surface area contributed by atoms with E-state index in [1.807, 2.05) is 36.4 Å². The third-order valence-electron chi connectivity index (χ3n) is 4.04. The molecule has 1 saturated heterocycles. The summed E-state index contributed by atoms with van der Waals surface area (Å²) in [7, 11) is 0. The van der Waals surface area contributed by atoms with Gasteiger partial charge in [-0.1, -0.05) is 86.6 Å². The molecule has 2 rings (SSSR count). The Morgan fingerprint density at radius 1 is 1.11 bits per heavy atom. The number of hydrogen-bond acceptors (Lipinski definition) is 4. The molecule has 0 atom stereocenters. The molecule has 27 heavy (non-hydrogen) atoms. The highest BCUT2D eigenvalue weighted by molar-refractivity contribution is 8.26. The first-order chi connectivity index (χ1) is 13.0. The minimum absolute atomic E-state index is 0.116. The van der Waals surface area contributed by atoms with Crippen LogP contribution in [0, 0.1) is 0 Å². The normalized spacial score (nSPS) is 16.3. The molecule has 0 saturated carbocycles. The summed E-state index contributed by atoms with van der Waals surface area (Å²) in [5, 5.41) is 11.4. The number of allylic oxidation sites excluding steroid dienone is 2. The van der Waals surface area contributed by atoms with E-state index in [4.69, 9.17) is 17.3 Å². The topological polar surface area (TPSA) is 66.4 Å². The Morgan fingerprint density at radius 2 is 1.74 bits per heavy atom. The zero-order valence-electron chi connectivity index (χ0n) is 15.2. The number of benzene rings is 1. The first kappa shape index (κ1) is 21.1. The van der Waals surface area contributed by atoms with Gasteiger partial charge in [0.25, 0.3) is 5.91 Å². The number of nitrogens with one attached hydrogen (secondary N) is 1. The minimum Gasteiger partial charge on any atom is -0.478 e. The minimum atomic E-state index is -0.969. The molecule has 2 N–H and O–H groups in total. The van der Waals surface area contributed by atoms with Crippen molar-refractivity contribution in [2.75, 3.05) is 0 Å². The molecule has 6 heteroatoms. The van der Waals surface area contributed by atoms with Crippen LogP contribution in [0.1, 0.15) is 50.2 Å². The molecule has 1 aromatic carbocycles. The largest absolute Gasteiger partial charge is 0.478 e. The van der Waals surface area contributed by atoms with Crippen LogP contribution in [-0.4, -0.2) is 21.3 Å². The molecular weight excluding hydrogens is 378 g/mol. The van der Waals surface area contributed by atoms with E-state index in [0.29, 0.717) is 9.23 Å². The number of carbonyl (C=O) groups is 2. The molecule has 0 aliphatic carbocycles. The van der Waals surface area contributed by atoms with Gasteiger partial charge in [-0.3, -0.25) is 4.79 Å². The first-order valence-corrected chi connectivity index (χ1v) is 10.2. The highest BCUT2D eigenvalue weighted by atomic mass is 32.2. The summed E-state index contributed by atoms with van der Waals surface area (Å²) in [5.74, 6) is -1.09. The molecule has 1 aliphatic heterocycles. The summed E-state index contributed by atoms with van der Waals surface area (Å²) in [4.78, 5) is 23.4. The van der Waals surface area contributed by atoms with Crippen LogP contribution in [0.2, 0.25) is 0 Å². The fourth-order valence-electron chi connectivity index (χ4n) is 2.62. The van der Waals surface area contributed by atoms with Gasteiger partial charge >= 0.3 is 5.97 Å². The zero-order valence-corrected chi connectivity index (χ0v) is 16.9. The van der Waals surface area contributed by atoms with Crippen molar-refractivity contribution in [3.8, 4) is 0 Å². The van der Waals surface area contributed by atoms with Crippen molar-refractivity contribution in [3.63, 3.8) is 0 Å². The van der Waals surface area contributed by atoms with Crippen LogP contribution >= 0.6 is 24.0 Å². The molecule has 0 bridgehead atoms. The van der Waals surface area contributed by atoms with Crippen LogP contribution < -0.4 is 5.32 Å². The standard InChI is InChI=1S/C21H23NO3S2/c1-2-3-4-5-6-17(19-20(25)22-21(26)27-19)13-11-15-7-9-16(10-8-15)12-14-18(23)24/h7-14H,2-6H2,1H3,(H,23,24)(H,22,25,26)/b13-11?,14-12+,19-17?. The monoisotopic (exact) mass is 401 g/mol. The lowest BCUT2D eigenvalue weighted by Crippen LogP contribution is -2.18. The predicted octanol–water partition coefficient (Wildman–Crippen LogP) is 5.17. The van der Waals surface area contributed by atoms with Crippen molar-refractivity contribution in [2.24, 2.45) is 0 Å². The smallest absolute Gasteiger partial charge is 0.328 e. The van der Waals surface area contributed by atoms with E-state index in [1.165, 1.54) is 24.6 Å². The second-order valence-corrected chi connectivity index (χ2v) is 7.87. The predicted molar refractivity (Wildman–Crippen MR) is 116 cm³/mol. The summed E-state index contributed by atoms with van der Waals surface area (Å²) in [6.07, 6.45) is 12.0. The second-order valence-electron chi connectivity index (χ2n) is 6.18. The van der Waals surface area contributed by atoms with Crippen molar-refractivity contribution in [1.29, 1.82) is 0 Å². The molecule has 0 aromatic heterocycles. The maximum Gasteiger partial charge on any atom is 0.328 e. The number of aliphatic carboxylic acids is 1. The third kappa shape index (κ3) is 7.15. The van der Waals surface area contributed by atoms with E-state index in [2.05, 4.69) is 12.2 Å². The maximum absolute atomic E-state index is 12.1. The van der Waals surface area contributed by atoms with Crippen LogP contribution in [-0.2, 0) is 9.59 Å². The molecule has 0 spiro atoms. The lowest BCUT2D eigenvalue weighted by atomic mass is 10.0. The van der Waals surface area contributed by atoms with Crippen LogP contribution in [0.15, 0.2) is 46.9 Å². The van der Waals surface area contributed by atoms with Gasteiger partial charge in [0.1, 0.15) is 4.32 Å². The van der Waals surface area contributed by atoms with Crippen molar-refractivity contribution >= 4 is 52.3 Å². The molecule has 1 amide bonds. The number of hydrogen-bond donors (Lipinski definition) is 2. The quantitative estimate of drug-likeness (QED) is 0.339. The molecule has 142 valence electrons. The lowest BCUT2D eigenvalue weighted by Gasteiger charge is -2.05. The van der Waals surface area contributed by atoms with Crippen molar-refractivity contribution in [3.05, 3.63) is 58.0 Å². The Labute approximate surface area is 169 Å². The molecule has 1 fully saturated rings. The fraction of sp³-hybridized carbons (Fsp3) is 0.286. The Bertz CT molecular complexity index is 792. The summed E-state index contributed by atoms with van der Waals surface area (Å²) in [6.45, 7) is 2.17. The molecule has 0 radical (unpaired) electrons. The first-order valence-electron chi connectivity index (χ1n) is 8.95. The average molecular weight is 402 g/mol. The number of carboxylic acids is 1. The zero-order chi connectivity index (χ0) is 19.6.